The zero-order valence-corrected chi connectivity index (χ0v) is 26.7. The van der Waals surface area contributed by atoms with E-state index in [1.54, 1.807) is 0 Å². The first kappa shape index (κ1) is 28.8. The van der Waals surface area contributed by atoms with E-state index in [2.05, 4.69) is 88.0 Å². The molecule has 0 saturated carbocycles. The quantitative estimate of drug-likeness (QED) is 0.193. The number of para-hydroxylation sites is 3. The summed E-state index contributed by atoms with van der Waals surface area (Å²) in [7, 11) is 0. The molecule has 9 rings (SSSR count). The van der Waals surface area contributed by atoms with E-state index in [-0.39, 0.29) is 0 Å². The molecule has 0 amide bonds. The summed E-state index contributed by atoms with van der Waals surface area (Å²) >= 11 is 0. The monoisotopic (exact) mass is 635 g/mol. The predicted molar refractivity (Wildman–Crippen MR) is 200 cm³/mol. The minimum atomic E-state index is 0.566. The first-order chi connectivity index (χ1) is 24.7. The lowest BCUT2D eigenvalue weighted by molar-refractivity contribution is 1.17. The molecule has 230 valence electrons. The van der Waals surface area contributed by atoms with Crippen LogP contribution in [0.5, 0.6) is 0 Å². The Labute approximate surface area is 287 Å². The fraction of sp³-hybridized carbons (Fsp3) is 0. The number of nitrogens with zero attached hydrogens (tertiary/aromatic N) is 5. The summed E-state index contributed by atoms with van der Waals surface area (Å²) < 4.78 is 4.37. The van der Waals surface area contributed by atoms with E-state index < -0.39 is 0 Å². The van der Waals surface area contributed by atoms with Gasteiger partial charge in [-0.2, -0.15) is 15.8 Å². The van der Waals surface area contributed by atoms with Crippen LogP contribution in [0.2, 0.25) is 0 Å². The van der Waals surface area contributed by atoms with Crippen molar-refractivity contribution in [2.24, 2.45) is 0 Å². The maximum Gasteiger partial charge on any atom is 0.102 e. The largest absolute Gasteiger partial charge is 0.309 e. The normalized spacial score (nSPS) is 11.1. The Morgan fingerprint density at radius 1 is 0.400 bits per heavy atom. The molecule has 0 aliphatic heterocycles. The number of benzene rings is 7. The molecule has 0 aliphatic carbocycles. The van der Waals surface area contributed by atoms with E-state index >= 15 is 0 Å². The molecule has 5 heteroatoms. The van der Waals surface area contributed by atoms with Gasteiger partial charge in [-0.25, -0.2) is 0 Å². The van der Waals surface area contributed by atoms with Crippen molar-refractivity contribution in [1.82, 2.24) is 9.13 Å². The topological polar surface area (TPSA) is 81.2 Å². The highest BCUT2D eigenvalue weighted by Gasteiger charge is 2.20. The van der Waals surface area contributed by atoms with Crippen molar-refractivity contribution in [3.8, 4) is 51.8 Å². The van der Waals surface area contributed by atoms with Crippen LogP contribution >= 0.6 is 0 Å². The van der Waals surface area contributed by atoms with Crippen LogP contribution in [0.25, 0.3) is 77.2 Å². The first-order valence-corrected chi connectivity index (χ1v) is 16.3. The molecule has 5 nitrogen and oxygen atoms in total. The van der Waals surface area contributed by atoms with Crippen molar-refractivity contribution in [1.29, 1.82) is 15.8 Å². The molecule has 2 heterocycles. The molecule has 0 atom stereocenters. The Bertz CT molecular complexity index is 2970. The fourth-order valence-electron chi connectivity index (χ4n) is 7.53. The lowest BCUT2D eigenvalue weighted by Crippen LogP contribution is -2.00. The average molecular weight is 636 g/mol. The summed E-state index contributed by atoms with van der Waals surface area (Å²) in [5.41, 5.74) is 11.3. The van der Waals surface area contributed by atoms with Crippen LogP contribution in [-0.2, 0) is 0 Å². The Morgan fingerprint density at radius 2 is 1.00 bits per heavy atom. The van der Waals surface area contributed by atoms with Crippen LogP contribution in [0.1, 0.15) is 16.7 Å². The van der Waals surface area contributed by atoms with E-state index in [1.165, 1.54) is 0 Å². The lowest BCUT2D eigenvalue weighted by Gasteiger charge is -2.16. The van der Waals surface area contributed by atoms with E-state index in [1.807, 2.05) is 91.0 Å². The highest BCUT2D eigenvalue weighted by Crippen LogP contribution is 2.40. The van der Waals surface area contributed by atoms with Crippen LogP contribution in [0, 0.1) is 34.0 Å². The molecule has 0 aliphatic rings. The average Bonchev–Trinajstić information content (AvgIpc) is 3.70. The lowest BCUT2D eigenvalue weighted by atomic mass is 9.94. The highest BCUT2D eigenvalue weighted by atomic mass is 15.0. The van der Waals surface area contributed by atoms with Gasteiger partial charge in [0.15, 0.2) is 0 Å². The molecule has 0 radical (unpaired) electrons. The van der Waals surface area contributed by atoms with Gasteiger partial charge in [-0.15, -0.1) is 0 Å². The van der Waals surface area contributed by atoms with E-state index in [4.69, 9.17) is 0 Å². The number of fused-ring (bicyclic) bond motifs is 6. The Balaban J connectivity index is 1.24. The second-order valence-corrected chi connectivity index (χ2v) is 12.3. The van der Waals surface area contributed by atoms with Gasteiger partial charge < -0.3 is 9.13 Å². The molecule has 9 aromatic rings. The Kier molecular flexibility index (Phi) is 6.56. The second kappa shape index (κ2) is 11.4. The summed E-state index contributed by atoms with van der Waals surface area (Å²) in [6.07, 6.45) is 0. The molecule has 50 heavy (non-hydrogen) atoms. The van der Waals surface area contributed by atoms with Gasteiger partial charge in [0.05, 0.1) is 62.3 Å². The van der Waals surface area contributed by atoms with Crippen molar-refractivity contribution in [2.75, 3.05) is 0 Å². The Morgan fingerprint density at radius 3 is 1.80 bits per heavy atom. The van der Waals surface area contributed by atoms with Crippen molar-refractivity contribution in [2.45, 2.75) is 0 Å². The number of aromatic nitrogens is 2. The molecule has 0 spiro atoms. The first-order valence-electron chi connectivity index (χ1n) is 16.3. The van der Waals surface area contributed by atoms with Crippen LogP contribution in [0.3, 0.4) is 0 Å². The van der Waals surface area contributed by atoms with Gasteiger partial charge in [0.25, 0.3) is 0 Å². The second-order valence-electron chi connectivity index (χ2n) is 12.3. The smallest absolute Gasteiger partial charge is 0.102 e. The predicted octanol–water partition coefficient (Wildman–Crippen LogP) is 10.8. The van der Waals surface area contributed by atoms with Crippen molar-refractivity contribution < 1.29 is 0 Å². The van der Waals surface area contributed by atoms with Gasteiger partial charge in [-0.3, -0.25) is 0 Å². The number of hydrogen-bond donors (Lipinski definition) is 0. The molecular formula is C45H25N5. The van der Waals surface area contributed by atoms with Gasteiger partial charge in [0.1, 0.15) is 6.07 Å². The Hall–Kier alpha value is -7.39. The third kappa shape index (κ3) is 4.24. The molecule has 0 saturated heterocycles. The molecule has 2 aromatic heterocycles. The minimum Gasteiger partial charge on any atom is -0.309 e. The third-order valence-corrected chi connectivity index (χ3v) is 9.64. The standard InChI is InChI=1S/C45H25N5/c46-26-29-22-23-43-37(24-29)35-14-2-5-18-40(35)49(43)42-20-9-16-33(38(42)28-48)30-10-7-11-31(25-30)34-13-1-4-17-39(34)50-41-19-6-3-15-36(41)45-32(27-47)12-8-21-44(45)50/h1-25H. The summed E-state index contributed by atoms with van der Waals surface area (Å²) in [6.45, 7) is 0. The number of hydrogen-bond acceptors (Lipinski definition) is 3. The van der Waals surface area contributed by atoms with Gasteiger partial charge >= 0.3 is 0 Å². The van der Waals surface area contributed by atoms with Crippen LogP contribution in [0.4, 0.5) is 0 Å². The van der Waals surface area contributed by atoms with E-state index in [9.17, 15) is 15.8 Å². The van der Waals surface area contributed by atoms with Crippen molar-refractivity contribution >= 4 is 43.6 Å². The zero-order chi connectivity index (χ0) is 33.8. The molecular weight excluding hydrogens is 611 g/mol. The summed E-state index contributed by atoms with van der Waals surface area (Å²) in [5, 5.41) is 34.3. The number of rotatable bonds is 4. The van der Waals surface area contributed by atoms with Gasteiger partial charge in [0.2, 0.25) is 0 Å². The maximum atomic E-state index is 10.8. The molecule has 7 aromatic carbocycles. The van der Waals surface area contributed by atoms with Crippen molar-refractivity contribution in [3.63, 3.8) is 0 Å². The van der Waals surface area contributed by atoms with Gasteiger partial charge in [-0.1, -0.05) is 91.0 Å². The molecule has 0 fully saturated rings. The van der Waals surface area contributed by atoms with Crippen molar-refractivity contribution in [3.05, 3.63) is 168 Å². The van der Waals surface area contributed by atoms with Gasteiger partial charge in [-0.05, 0) is 71.8 Å². The van der Waals surface area contributed by atoms with Crippen LogP contribution in [0.15, 0.2) is 152 Å². The summed E-state index contributed by atoms with van der Waals surface area (Å²) in [6, 6.07) is 57.8. The summed E-state index contributed by atoms with van der Waals surface area (Å²) in [4.78, 5) is 0. The molecule has 0 N–H and O–H groups in total. The maximum absolute atomic E-state index is 10.8. The van der Waals surface area contributed by atoms with E-state index in [0.29, 0.717) is 16.7 Å². The minimum absolute atomic E-state index is 0.566. The SMILES string of the molecule is N#Cc1ccc2c(c1)c1ccccc1n2-c1cccc(-c2cccc(-c3ccccc3-n3c4ccccc4c4c(C#N)cccc43)c2)c1C#N. The van der Waals surface area contributed by atoms with E-state index in [0.717, 1.165) is 77.2 Å². The molecule has 0 bridgehead atoms. The summed E-state index contributed by atoms with van der Waals surface area (Å²) in [5.74, 6) is 0. The molecule has 0 unspecified atom stereocenters. The fourth-order valence-corrected chi connectivity index (χ4v) is 7.53. The van der Waals surface area contributed by atoms with Gasteiger partial charge in [0, 0.05) is 32.7 Å². The highest BCUT2D eigenvalue weighted by molar-refractivity contribution is 6.12. The third-order valence-electron chi connectivity index (χ3n) is 9.64. The van der Waals surface area contributed by atoms with Crippen LogP contribution < -0.4 is 0 Å². The number of nitriles is 3. The zero-order valence-electron chi connectivity index (χ0n) is 26.7. The van der Waals surface area contributed by atoms with Crippen LogP contribution in [-0.4, -0.2) is 9.13 Å².